The van der Waals surface area contributed by atoms with Crippen LogP contribution in [-0.2, 0) is 9.59 Å². The van der Waals surface area contributed by atoms with Crippen molar-refractivity contribution in [3.8, 4) is 0 Å². The predicted octanol–water partition coefficient (Wildman–Crippen LogP) is 3.12. The Labute approximate surface area is 217 Å². The van der Waals surface area contributed by atoms with Crippen molar-refractivity contribution >= 4 is 58.5 Å². The van der Waals surface area contributed by atoms with Gasteiger partial charge in [0, 0.05) is 47.4 Å². The Bertz CT molecular complexity index is 1440. The SMILES string of the molecule is O=C1NC(=O)/C(=C\c2cnn3c(NC4CCN(C(=O)C5CC5)CC4)cc(Nc4cccc(Cl)c4)nc23)N1. The maximum atomic E-state index is 12.4. The number of urea groups is 1. The van der Waals surface area contributed by atoms with Crippen LogP contribution in [0.25, 0.3) is 11.7 Å². The van der Waals surface area contributed by atoms with Crippen LogP contribution in [-0.4, -0.2) is 56.5 Å². The summed E-state index contributed by atoms with van der Waals surface area (Å²) in [4.78, 5) is 42.7. The lowest BCUT2D eigenvalue weighted by Gasteiger charge is -2.33. The molecule has 2 saturated heterocycles. The van der Waals surface area contributed by atoms with E-state index >= 15 is 0 Å². The van der Waals surface area contributed by atoms with E-state index in [1.807, 2.05) is 23.1 Å². The highest BCUT2D eigenvalue weighted by Gasteiger charge is 2.35. The third-order valence-corrected chi connectivity index (χ3v) is 6.94. The van der Waals surface area contributed by atoms with Crippen LogP contribution in [0.5, 0.6) is 0 Å². The highest BCUT2D eigenvalue weighted by atomic mass is 35.5. The second-order valence-electron chi connectivity index (χ2n) is 9.48. The monoisotopic (exact) mass is 520 g/mol. The number of hydrogen-bond acceptors (Lipinski definition) is 7. The van der Waals surface area contributed by atoms with Gasteiger partial charge in [-0.1, -0.05) is 17.7 Å². The number of hydrogen-bond donors (Lipinski definition) is 4. The van der Waals surface area contributed by atoms with Crippen LogP contribution >= 0.6 is 11.6 Å². The largest absolute Gasteiger partial charge is 0.367 e. The zero-order valence-electron chi connectivity index (χ0n) is 19.8. The average Bonchev–Trinajstić information content (AvgIpc) is 3.57. The first-order valence-corrected chi connectivity index (χ1v) is 12.6. The topological polar surface area (TPSA) is 133 Å². The second-order valence-corrected chi connectivity index (χ2v) is 9.92. The van der Waals surface area contributed by atoms with E-state index in [9.17, 15) is 14.4 Å². The van der Waals surface area contributed by atoms with Crippen LogP contribution in [0.4, 0.5) is 22.1 Å². The number of amides is 4. The molecular formula is C25H25ClN8O3. The molecule has 3 aliphatic rings. The fourth-order valence-corrected chi connectivity index (χ4v) is 4.83. The van der Waals surface area contributed by atoms with E-state index in [-0.39, 0.29) is 23.6 Å². The average molecular weight is 521 g/mol. The molecule has 4 amide bonds. The number of fused-ring (bicyclic) bond motifs is 1. The van der Waals surface area contributed by atoms with Crippen molar-refractivity contribution in [1.82, 2.24) is 30.1 Å². The lowest BCUT2D eigenvalue weighted by atomic mass is 10.0. The van der Waals surface area contributed by atoms with Crippen LogP contribution in [0, 0.1) is 5.92 Å². The fourth-order valence-electron chi connectivity index (χ4n) is 4.64. The number of nitrogens with one attached hydrogen (secondary N) is 4. The molecule has 2 aromatic heterocycles. The highest BCUT2D eigenvalue weighted by Crippen LogP contribution is 2.32. The van der Waals surface area contributed by atoms with Crippen LogP contribution in [0.15, 0.2) is 42.2 Å². The van der Waals surface area contributed by atoms with Gasteiger partial charge in [0.1, 0.15) is 17.3 Å². The second kappa shape index (κ2) is 9.40. The summed E-state index contributed by atoms with van der Waals surface area (Å²) in [5, 5.41) is 16.6. The Hall–Kier alpha value is -4.12. The normalized spacial score (nSPS) is 19.3. The van der Waals surface area contributed by atoms with Gasteiger partial charge in [-0.15, -0.1) is 0 Å². The first-order chi connectivity index (χ1) is 17.9. The molecule has 0 radical (unpaired) electrons. The Morgan fingerprint density at radius 1 is 1.11 bits per heavy atom. The Kier molecular flexibility index (Phi) is 5.91. The van der Waals surface area contributed by atoms with Crippen molar-refractivity contribution in [2.24, 2.45) is 5.92 Å². The molecule has 4 N–H and O–H groups in total. The zero-order chi connectivity index (χ0) is 25.5. The number of piperidine rings is 1. The summed E-state index contributed by atoms with van der Waals surface area (Å²) in [7, 11) is 0. The van der Waals surface area contributed by atoms with Crippen molar-refractivity contribution in [2.75, 3.05) is 23.7 Å². The van der Waals surface area contributed by atoms with Crippen molar-refractivity contribution in [3.63, 3.8) is 0 Å². The van der Waals surface area contributed by atoms with E-state index in [2.05, 4.69) is 26.4 Å². The van der Waals surface area contributed by atoms with Gasteiger partial charge >= 0.3 is 6.03 Å². The third-order valence-electron chi connectivity index (χ3n) is 6.70. The quantitative estimate of drug-likeness (QED) is 0.290. The Morgan fingerprint density at radius 2 is 1.92 bits per heavy atom. The van der Waals surface area contributed by atoms with Gasteiger partial charge in [0.25, 0.3) is 5.91 Å². The molecule has 190 valence electrons. The summed E-state index contributed by atoms with van der Waals surface area (Å²) in [6.45, 7) is 1.44. The van der Waals surface area contributed by atoms with E-state index in [1.54, 1.807) is 28.9 Å². The zero-order valence-corrected chi connectivity index (χ0v) is 20.6. The van der Waals surface area contributed by atoms with E-state index in [1.165, 1.54) is 0 Å². The summed E-state index contributed by atoms with van der Waals surface area (Å²) >= 11 is 6.16. The molecule has 1 saturated carbocycles. The van der Waals surface area contributed by atoms with Gasteiger partial charge in [0.2, 0.25) is 5.91 Å². The minimum absolute atomic E-state index is 0.122. The number of aromatic nitrogens is 3. The number of imide groups is 1. The lowest BCUT2D eigenvalue weighted by Crippen LogP contribution is -2.43. The minimum atomic E-state index is -0.571. The fraction of sp³-hybridized carbons (Fsp3) is 0.320. The van der Waals surface area contributed by atoms with Gasteiger partial charge in [0.05, 0.1) is 6.20 Å². The van der Waals surface area contributed by atoms with Crippen molar-refractivity contribution in [1.29, 1.82) is 0 Å². The highest BCUT2D eigenvalue weighted by molar-refractivity contribution is 6.30. The number of benzene rings is 1. The molecule has 37 heavy (non-hydrogen) atoms. The van der Waals surface area contributed by atoms with Gasteiger partial charge in [-0.05, 0) is 50.0 Å². The summed E-state index contributed by atoms with van der Waals surface area (Å²) in [6, 6.07) is 8.76. The Morgan fingerprint density at radius 3 is 2.62 bits per heavy atom. The van der Waals surface area contributed by atoms with E-state index in [0.29, 0.717) is 27.9 Å². The molecule has 3 aromatic rings. The Balaban J connectivity index is 1.30. The number of carbonyl (C=O) groups is 3. The molecule has 12 heteroatoms. The van der Waals surface area contributed by atoms with Gasteiger partial charge in [-0.3, -0.25) is 14.9 Å². The number of carbonyl (C=O) groups excluding carboxylic acids is 3. The van der Waals surface area contributed by atoms with Crippen LogP contribution in [0.1, 0.15) is 31.2 Å². The molecule has 0 bridgehead atoms. The first-order valence-electron chi connectivity index (χ1n) is 12.2. The number of nitrogens with zero attached hydrogens (tertiary/aromatic N) is 4. The van der Waals surface area contributed by atoms with Crippen molar-refractivity contribution in [2.45, 2.75) is 31.7 Å². The summed E-state index contributed by atoms with van der Waals surface area (Å²) in [5.41, 5.74) is 1.95. The molecule has 1 aromatic carbocycles. The molecule has 0 atom stereocenters. The molecular weight excluding hydrogens is 496 g/mol. The van der Waals surface area contributed by atoms with Crippen molar-refractivity contribution in [3.05, 3.63) is 52.8 Å². The number of rotatable bonds is 6. The van der Waals surface area contributed by atoms with Gasteiger partial charge < -0.3 is 20.9 Å². The van der Waals surface area contributed by atoms with Gasteiger partial charge in [-0.25, -0.2) is 9.78 Å². The molecule has 11 nitrogen and oxygen atoms in total. The van der Waals surface area contributed by atoms with Crippen LogP contribution in [0.3, 0.4) is 0 Å². The molecule has 4 heterocycles. The molecule has 2 aliphatic heterocycles. The van der Waals surface area contributed by atoms with Gasteiger partial charge in [0.15, 0.2) is 5.65 Å². The number of halogens is 1. The molecule has 0 unspecified atom stereocenters. The third kappa shape index (κ3) is 4.94. The molecule has 0 spiro atoms. The number of likely N-dealkylation sites (tertiary alicyclic amines) is 1. The van der Waals surface area contributed by atoms with Crippen LogP contribution < -0.4 is 21.3 Å². The smallest absolute Gasteiger partial charge is 0.326 e. The van der Waals surface area contributed by atoms with Crippen LogP contribution in [0.2, 0.25) is 5.02 Å². The summed E-state index contributed by atoms with van der Waals surface area (Å²) < 4.78 is 1.67. The maximum absolute atomic E-state index is 12.4. The van der Waals surface area contributed by atoms with E-state index in [4.69, 9.17) is 16.6 Å². The number of anilines is 3. The standard InChI is InChI=1S/C25H25ClN8O3/c26-16-2-1-3-18(11-16)28-20-12-21(29-17-6-8-33(9-7-17)24(36)14-4-5-14)34-22(31-20)15(13-27-34)10-19-23(35)32-25(37)30-19/h1-3,10-14,17,29H,4-9H2,(H,28,31)(H2,30,32,35,37)/b19-10+. The first kappa shape index (κ1) is 23.3. The minimum Gasteiger partial charge on any atom is -0.367 e. The summed E-state index contributed by atoms with van der Waals surface area (Å²) in [6.07, 6.45) is 6.81. The molecule has 3 fully saturated rings. The van der Waals surface area contributed by atoms with E-state index < -0.39 is 11.9 Å². The van der Waals surface area contributed by atoms with E-state index in [0.717, 1.165) is 44.5 Å². The maximum Gasteiger partial charge on any atom is 0.326 e. The molecule has 6 rings (SSSR count). The lowest BCUT2D eigenvalue weighted by molar-refractivity contribution is -0.133. The van der Waals surface area contributed by atoms with Crippen molar-refractivity contribution < 1.29 is 14.4 Å². The molecule has 1 aliphatic carbocycles. The predicted molar refractivity (Wildman–Crippen MR) is 138 cm³/mol. The van der Waals surface area contributed by atoms with Gasteiger partial charge in [-0.2, -0.15) is 9.61 Å². The summed E-state index contributed by atoms with van der Waals surface area (Å²) in [5.74, 6) is 1.27.